The predicted molar refractivity (Wildman–Crippen MR) is 72.6 cm³/mol. The number of rotatable bonds is 6. The van der Waals surface area contributed by atoms with Crippen molar-refractivity contribution in [3.63, 3.8) is 0 Å². The first kappa shape index (κ1) is 13.9. The van der Waals surface area contributed by atoms with E-state index < -0.39 is 0 Å². The van der Waals surface area contributed by atoms with Crippen molar-refractivity contribution in [2.24, 2.45) is 5.92 Å². The maximum Gasteiger partial charge on any atom is 0.174 e. The molecule has 1 aromatic carbocycles. The van der Waals surface area contributed by atoms with Crippen LogP contribution in [0.5, 0.6) is 5.75 Å². The minimum absolute atomic E-state index is 0.0849. The van der Waals surface area contributed by atoms with Crippen LogP contribution in [0.3, 0.4) is 0 Å². The Bertz CT molecular complexity index is 425. The summed E-state index contributed by atoms with van der Waals surface area (Å²) < 4.78 is 5.20. The lowest BCUT2D eigenvalue weighted by Crippen LogP contribution is -2.21. The molecule has 1 aromatic rings. The molecule has 0 radical (unpaired) electrons. The molecule has 0 saturated heterocycles. The Hall–Kier alpha value is -1.57. The fraction of sp³-hybridized carbons (Fsp3) is 0.533. The van der Waals surface area contributed by atoms with E-state index in [1.165, 1.54) is 5.56 Å². The van der Waals surface area contributed by atoms with Crippen molar-refractivity contribution in [1.29, 1.82) is 5.26 Å². The first-order chi connectivity index (χ1) is 9.28. The van der Waals surface area contributed by atoms with Gasteiger partial charge in [-0.25, -0.2) is 0 Å². The van der Waals surface area contributed by atoms with Gasteiger partial charge in [0.05, 0.1) is 6.10 Å². The molecule has 1 fully saturated rings. The van der Waals surface area contributed by atoms with Crippen molar-refractivity contribution in [2.45, 2.75) is 31.9 Å². The minimum Gasteiger partial charge on any atom is -0.479 e. The summed E-state index contributed by atoms with van der Waals surface area (Å²) in [5.74, 6) is 1.33. The zero-order valence-electron chi connectivity index (χ0n) is 11.0. The fourth-order valence-corrected chi connectivity index (χ4v) is 2.47. The van der Waals surface area contributed by atoms with Crippen LogP contribution in [0.15, 0.2) is 24.3 Å². The van der Waals surface area contributed by atoms with Crippen molar-refractivity contribution < 1.29 is 9.84 Å². The maximum atomic E-state index is 9.45. The van der Waals surface area contributed by atoms with Crippen LogP contribution in [0.1, 0.15) is 24.8 Å². The molecular formula is C15H20N2O2. The van der Waals surface area contributed by atoms with Crippen LogP contribution in [0.4, 0.5) is 0 Å². The smallest absolute Gasteiger partial charge is 0.174 e. The van der Waals surface area contributed by atoms with Gasteiger partial charge in [-0.2, -0.15) is 5.26 Å². The number of aliphatic hydroxyl groups is 1. The average molecular weight is 260 g/mol. The van der Waals surface area contributed by atoms with Gasteiger partial charge in [-0.1, -0.05) is 12.1 Å². The third-order valence-corrected chi connectivity index (χ3v) is 3.50. The Kier molecular flexibility index (Phi) is 5.20. The summed E-state index contributed by atoms with van der Waals surface area (Å²) in [4.78, 5) is 0. The summed E-state index contributed by atoms with van der Waals surface area (Å²) >= 11 is 0. The normalized spacial score (nSPS) is 22.1. The summed E-state index contributed by atoms with van der Waals surface area (Å²) in [6.45, 7) is 1.87. The third kappa shape index (κ3) is 4.55. The molecule has 2 rings (SSSR count). The molecule has 0 aromatic heterocycles. The second-order valence-corrected chi connectivity index (χ2v) is 5.05. The van der Waals surface area contributed by atoms with E-state index in [0.717, 1.165) is 38.1 Å². The molecule has 1 aliphatic rings. The number of nitrogens with zero attached hydrogens (tertiary/aromatic N) is 1. The quantitative estimate of drug-likeness (QED) is 0.819. The van der Waals surface area contributed by atoms with E-state index in [1.54, 1.807) is 0 Å². The predicted octanol–water partition coefficient (Wildman–Crippen LogP) is 1.84. The number of hydrogen-bond acceptors (Lipinski definition) is 4. The second kappa shape index (κ2) is 7.13. The summed E-state index contributed by atoms with van der Waals surface area (Å²) in [5, 5.41) is 21.3. The van der Waals surface area contributed by atoms with Gasteiger partial charge in [0.2, 0.25) is 0 Å². The van der Waals surface area contributed by atoms with Gasteiger partial charge in [0.1, 0.15) is 11.8 Å². The van der Waals surface area contributed by atoms with Crippen LogP contribution in [0, 0.1) is 17.2 Å². The van der Waals surface area contributed by atoms with Crippen molar-refractivity contribution in [3.8, 4) is 11.8 Å². The van der Waals surface area contributed by atoms with Crippen LogP contribution in [-0.4, -0.2) is 24.4 Å². The molecule has 1 saturated carbocycles. The lowest BCUT2D eigenvalue weighted by atomic mass is 10.1. The van der Waals surface area contributed by atoms with E-state index >= 15 is 0 Å². The Labute approximate surface area is 114 Å². The molecule has 0 aliphatic heterocycles. The highest BCUT2D eigenvalue weighted by molar-refractivity contribution is 5.27. The van der Waals surface area contributed by atoms with E-state index in [9.17, 15) is 5.11 Å². The van der Waals surface area contributed by atoms with Crippen LogP contribution < -0.4 is 10.1 Å². The van der Waals surface area contributed by atoms with Gasteiger partial charge in [-0.05, 0) is 49.4 Å². The number of nitrogens with one attached hydrogen (secondary N) is 1. The first-order valence-corrected chi connectivity index (χ1v) is 6.75. The Morgan fingerprint density at radius 2 is 2.11 bits per heavy atom. The SMILES string of the molecule is N#CCOc1ccc(CNCC2CCC(O)C2)cc1. The van der Waals surface area contributed by atoms with Crippen molar-refractivity contribution in [3.05, 3.63) is 29.8 Å². The maximum absolute atomic E-state index is 9.45. The lowest BCUT2D eigenvalue weighted by molar-refractivity contribution is 0.177. The molecule has 102 valence electrons. The van der Waals surface area contributed by atoms with Crippen LogP contribution in [0.2, 0.25) is 0 Å². The van der Waals surface area contributed by atoms with Gasteiger partial charge in [0.25, 0.3) is 0 Å². The van der Waals surface area contributed by atoms with Crippen molar-refractivity contribution >= 4 is 0 Å². The molecule has 4 nitrogen and oxygen atoms in total. The molecule has 0 spiro atoms. The highest BCUT2D eigenvalue weighted by Crippen LogP contribution is 2.24. The zero-order chi connectivity index (χ0) is 13.5. The van der Waals surface area contributed by atoms with Crippen LogP contribution >= 0.6 is 0 Å². The summed E-state index contributed by atoms with van der Waals surface area (Å²) in [6, 6.07) is 9.72. The summed E-state index contributed by atoms with van der Waals surface area (Å²) in [6.07, 6.45) is 2.89. The highest BCUT2D eigenvalue weighted by Gasteiger charge is 2.21. The molecule has 2 N–H and O–H groups in total. The summed E-state index contributed by atoms with van der Waals surface area (Å²) in [7, 11) is 0. The number of hydrogen-bond donors (Lipinski definition) is 2. The molecule has 1 aliphatic carbocycles. The molecule has 2 unspecified atom stereocenters. The first-order valence-electron chi connectivity index (χ1n) is 6.75. The Morgan fingerprint density at radius 1 is 1.32 bits per heavy atom. The highest BCUT2D eigenvalue weighted by atomic mass is 16.5. The van der Waals surface area contributed by atoms with Gasteiger partial charge < -0.3 is 15.2 Å². The molecule has 0 amide bonds. The topological polar surface area (TPSA) is 65.3 Å². The average Bonchev–Trinajstić information content (AvgIpc) is 2.84. The van der Waals surface area contributed by atoms with E-state index in [1.807, 2.05) is 30.3 Å². The zero-order valence-corrected chi connectivity index (χ0v) is 11.0. The minimum atomic E-state index is -0.0941. The summed E-state index contributed by atoms with van der Waals surface area (Å²) in [5.41, 5.74) is 1.20. The van der Waals surface area contributed by atoms with Gasteiger partial charge in [0, 0.05) is 6.54 Å². The number of nitriles is 1. The molecule has 2 atom stereocenters. The Balaban J connectivity index is 1.69. The molecule has 0 bridgehead atoms. The standard InChI is InChI=1S/C15H20N2O2/c16-7-8-19-15-5-2-12(3-6-15)10-17-11-13-1-4-14(18)9-13/h2-3,5-6,13-14,17-18H,1,4,8-11H2. The van der Waals surface area contributed by atoms with Gasteiger partial charge in [-0.15, -0.1) is 0 Å². The monoisotopic (exact) mass is 260 g/mol. The van der Waals surface area contributed by atoms with Gasteiger partial charge in [0.15, 0.2) is 6.61 Å². The molecule has 4 heteroatoms. The van der Waals surface area contributed by atoms with Gasteiger partial charge >= 0.3 is 0 Å². The van der Waals surface area contributed by atoms with E-state index in [2.05, 4.69) is 5.32 Å². The van der Waals surface area contributed by atoms with Crippen LogP contribution in [-0.2, 0) is 6.54 Å². The number of benzene rings is 1. The molecule has 0 heterocycles. The largest absolute Gasteiger partial charge is 0.479 e. The lowest BCUT2D eigenvalue weighted by Gasteiger charge is -2.11. The van der Waals surface area contributed by atoms with Crippen molar-refractivity contribution in [1.82, 2.24) is 5.32 Å². The third-order valence-electron chi connectivity index (χ3n) is 3.50. The number of ether oxygens (including phenoxy) is 1. The number of aliphatic hydroxyl groups excluding tert-OH is 1. The molecule has 19 heavy (non-hydrogen) atoms. The van der Waals surface area contributed by atoms with Gasteiger partial charge in [-0.3, -0.25) is 0 Å². The Morgan fingerprint density at radius 3 is 2.74 bits per heavy atom. The molecular weight excluding hydrogens is 240 g/mol. The van der Waals surface area contributed by atoms with E-state index in [-0.39, 0.29) is 12.7 Å². The van der Waals surface area contributed by atoms with E-state index in [0.29, 0.717) is 5.92 Å². The second-order valence-electron chi connectivity index (χ2n) is 5.05. The van der Waals surface area contributed by atoms with Crippen LogP contribution in [0.25, 0.3) is 0 Å². The van der Waals surface area contributed by atoms with E-state index in [4.69, 9.17) is 10.00 Å². The fourth-order valence-electron chi connectivity index (χ4n) is 2.47. The van der Waals surface area contributed by atoms with Crippen molar-refractivity contribution in [2.75, 3.05) is 13.2 Å².